The highest BCUT2D eigenvalue weighted by Gasteiger charge is 2.36. The van der Waals surface area contributed by atoms with Crippen LogP contribution in [0, 0.1) is 6.92 Å². The standard InChI is InChI=1S/C11H14N4O/c1-9-5-15-7-11(2,16-10(15)13-9)6-14-4-3-12-8-14/h3-5,8H,6-7H2,1-2H3. The lowest BCUT2D eigenvalue weighted by Gasteiger charge is -2.22. The van der Waals surface area contributed by atoms with E-state index in [0.29, 0.717) is 0 Å². The molecule has 0 radical (unpaired) electrons. The van der Waals surface area contributed by atoms with Crippen LogP contribution >= 0.6 is 0 Å². The number of hydrogen-bond donors (Lipinski definition) is 0. The molecule has 5 heteroatoms. The SMILES string of the molecule is Cc1cn2c(n1)OC(C)(Cn1ccnc1)C2. The summed E-state index contributed by atoms with van der Waals surface area (Å²) >= 11 is 0. The van der Waals surface area contributed by atoms with Crippen LogP contribution in [0.4, 0.5) is 0 Å². The third-order valence-electron chi connectivity index (χ3n) is 2.78. The molecule has 0 aliphatic carbocycles. The van der Waals surface area contributed by atoms with Crippen LogP contribution in [-0.2, 0) is 13.1 Å². The molecule has 3 rings (SSSR count). The second-order valence-corrected chi connectivity index (χ2v) is 4.58. The van der Waals surface area contributed by atoms with Crippen LogP contribution in [0.15, 0.2) is 24.9 Å². The average Bonchev–Trinajstić information content (AvgIpc) is 2.81. The van der Waals surface area contributed by atoms with Gasteiger partial charge >= 0.3 is 0 Å². The van der Waals surface area contributed by atoms with Gasteiger partial charge in [-0.25, -0.2) is 9.97 Å². The summed E-state index contributed by atoms with van der Waals surface area (Å²) in [6.45, 7) is 5.69. The number of nitrogens with zero attached hydrogens (tertiary/aromatic N) is 4. The maximum absolute atomic E-state index is 5.89. The molecular weight excluding hydrogens is 204 g/mol. The van der Waals surface area contributed by atoms with Gasteiger partial charge in [0.2, 0.25) is 0 Å². The van der Waals surface area contributed by atoms with Gasteiger partial charge in [0, 0.05) is 18.6 Å². The van der Waals surface area contributed by atoms with E-state index in [1.54, 1.807) is 12.5 Å². The lowest BCUT2D eigenvalue weighted by Crippen LogP contribution is -2.36. The Hall–Kier alpha value is -1.78. The Balaban J connectivity index is 1.81. The molecule has 1 unspecified atom stereocenters. The van der Waals surface area contributed by atoms with Gasteiger partial charge in [0.15, 0.2) is 0 Å². The van der Waals surface area contributed by atoms with Crippen molar-refractivity contribution >= 4 is 0 Å². The maximum atomic E-state index is 5.89. The lowest BCUT2D eigenvalue weighted by molar-refractivity contribution is 0.0882. The molecule has 1 aliphatic rings. The molecule has 0 spiro atoms. The second kappa shape index (κ2) is 3.10. The van der Waals surface area contributed by atoms with Crippen LogP contribution in [0.25, 0.3) is 0 Å². The zero-order valence-corrected chi connectivity index (χ0v) is 9.42. The fourth-order valence-corrected chi connectivity index (χ4v) is 2.18. The summed E-state index contributed by atoms with van der Waals surface area (Å²) in [5, 5.41) is 0. The number of ether oxygens (including phenoxy) is 1. The largest absolute Gasteiger partial charge is 0.455 e. The predicted octanol–water partition coefficient (Wildman–Crippen LogP) is 1.24. The summed E-state index contributed by atoms with van der Waals surface area (Å²) in [5.74, 6) is 0. The molecule has 0 saturated carbocycles. The van der Waals surface area contributed by atoms with Gasteiger partial charge in [-0.05, 0) is 13.8 Å². The van der Waals surface area contributed by atoms with E-state index in [2.05, 4.69) is 21.5 Å². The van der Waals surface area contributed by atoms with Crippen molar-refractivity contribution in [2.45, 2.75) is 32.5 Å². The molecule has 0 fully saturated rings. The van der Waals surface area contributed by atoms with Gasteiger partial charge in [0.1, 0.15) is 5.60 Å². The summed E-state index contributed by atoms with van der Waals surface area (Å²) in [4.78, 5) is 8.36. The molecule has 84 valence electrons. The number of imidazole rings is 2. The molecule has 1 atom stereocenters. The van der Waals surface area contributed by atoms with Crippen molar-refractivity contribution in [3.8, 4) is 6.01 Å². The van der Waals surface area contributed by atoms with Crippen LogP contribution in [0.2, 0.25) is 0 Å². The minimum atomic E-state index is -0.225. The fraction of sp³-hybridized carbons (Fsp3) is 0.455. The molecule has 0 bridgehead atoms. The highest BCUT2D eigenvalue weighted by molar-refractivity contribution is 5.13. The molecular formula is C11H14N4O. The van der Waals surface area contributed by atoms with Crippen molar-refractivity contribution in [3.05, 3.63) is 30.6 Å². The van der Waals surface area contributed by atoms with E-state index in [4.69, 9.17) is 4.74 Å². The minimum Gasteiger partial charge on any atom is -0.455 e. The van der Waals surface area contributed by atoms with E-state index < -0.39 is 0 Å². The van der Waals surface area contributed by atoms with Crippen molar-refractivity contribution in [2.75, 3.05) is 0 Å². The molecule has 0 amide bonds. The molecule has 3 heterocycles. The zero-order chi connectivity index (χ0) is 11.2. The average molecular weight is 218 g/mol. The molecule has 0 N–H and O–H groups in total. The molecule has 5 nitrogen and oxygen atoms in total. The van der Waals surface area contributed by atoms with Crippen LogP contribution < -0.4 is 4.74 Å². The first-order valence-electron chi connectivity index (χ1n) is 5.33. The van der Waals surface area contributed by atoms with Crippen LogP contribution in [-0.4, -0.2) is 24.7 Å². The zero-order valence-electron chi connectivity index (χ0n) is 9.42. The summed E-state index contributed by atoms with van der Waals surface area (Å²) in [6.07, 6.45) is 7.55. The quantitative estimate of drug-likeness (QED) is 0.761. The normalized spacial score (nSPS) is 23.1. The van der Waals surface area contributed by atoms with Crippen LogP contribution in [0.3, 0.4) is 0 Å². The van der Waals surface area contributed by atoms with Crippen molar-refractivity contribution in [3.63, 3.8) is 0 Å². The first-order valence-corrected chi connectivity index (χ1v) is 5.33. The first kappa shape index (κ1) is 9.45. The Morgan fingerprint density at radius 2 is 2.44 bits per heavy atom. The fourth-order valence-electron chi connectivity index (χ4n) is 2.18. The van der Waals surface area contributed by atoms with E-state index in [1.807, 2.05) is 23.9 Å². The van der Waals surface area contributed by atoms with Gasteiger partial charge < -0.3 is 9.30 Å². The van der Waals surface area contributed by atoms with Crippen LogP contribution in [0.1, 0.15) is 12.6 Å². The van der Waals surface area contributed by atoms with Gasteiger partial charge in [-0.15, -0.1) is 0 Å². The Bertz CT molecular complexity index is 477. The highest BCUT2D eigenvalue weighted by atomic mass is 16.5. The van der Waals surface area contributed by atoms with Gasteiger partial charge in [-0.2, -0.15) is 0 Å². The van der Waals surface area contributed by atoms with Crippen molar-refractivity contribution < 1.29 is 4.74 Å². The Morgan fingerprint density at radius 3 is 3.12 bits per heavy atom. The molecule has 0 saturated heterocycles. The van der Waals surface area contributed by atoms with E-state index in [9.17, 15) is 0 Å². The van der Waals surface area contributed by atoms with Gasteiger partial charge in [-0.3, -0.25) is 4.57 Å². The lowest BCUT2D eigenvalue weighted by atomic mass is 10.1. The van der Waals surface area contributed by atoms with Crippen LogP contribution in [0.5, 0.6) is 6.01 Å². The van der Waals surface area contributed by atoms with Crippen molar-refractivity contribution in [1.29, 1.82) is 0 Å². The number of rotatable bonds is 2. The maximum Gasteiger partial charge on any atom is 0.297 e. The molecule has 2 aromatic rings. The number of hydrogen-bond acceptors (Lipinski definition) is 3. The van der Waals surface area contributed by atoms with Crippen molar-refractivity contribution in [2.24, 2.45) is 0 Å². The number of fused-ring (bicyclic) bond motifs is 1. The molecule has 16 heavy (non-hydrogen) atoms. The molecule has 1 aliphatic heterocycles. The summed E-state index contributed by atoms with van der Waals surface area (Å²) in [7, 11) is 0. The summed E-state index contributed by atoms with van der Waals surface area (Å²) in [6, 6.07) is 0.722. The van der Waals surface area contributed by atoms with Gasteiger partial charge in [0.05, 0.1) is 25.1 Å². The Kier molecular flexibility index (Phi) is 1.83. The van der Waals surface area contributed by atoms with E-state index >= 15 is 0 Å². The summed E-state index contributed by atoms with van der Waals surface area (Å²) < 4.78 is 9.98. The van der Waals surface area contributed by atoms with Gasteiger partial charge in [0.25, 0.3) is 6.01 Å². The third-order valence-corrected chi connectivity index (χ3v) is 2.78. The number of aryl methyl sites for hydroxylation is 1. The smallest absolute Gasteiger partial charge is 0.297 e. The van der Waals surface area contributed by atoms with E-state index in [-0.39, 0.29) is 5.60 Å². The summed E-state index contributed by atoms with van der Waals surface area (Å²) in [5.41, 5.74) is 0.774. The van der Waals surface area contributed by atoms with E-state index in [1.165, 1.54) is 0 Å². The van der Waals surface area contributed by atoms with Gasteiger partial charge in [-0.1, -0.05) is 0 Å². The Morgan fingerprint density at radius 1 is 1.56 bits per heavy atom. The Labute approximate surface area is 93.7 Å². The van der Waals surface area contributed by atoms with E-state index in [0.717, 1.165) is 24.8 Å². The first-order chi connectivity index (χ1) is 7.65. The second-order valence-electron chi connectivity index (χ2n) is 4.58. The molecule has 2 aromatic heterocycles. The topological polar surface area (TPSA) is 44.9 Å². The highest BCUT2D eigenvalue weighted by Crippen LogP contribution is 2.29. The van der Waals surface area contributed by atoms with Crippen molar-refractivity contribution in [1.82, 2.24) is 19.1 Å². The minimum absolute atomic E-state index is 0.225. The predicted molar refractivity (Wildman–Crippen MR) is 58.2 cm³/mol. The number of aromatic nitrogens is 4. The third kappa shape index (κ3) is 1.48. The molecule has 0 aromatic carbocycles. The monoisotopic (exact) mass is 218 g/mol.